The lowest BCUT2D eigenvalue weighted by Gasteiger charge is -2.16. The first-order valence-electron chi connectivity index (χ1n) is 10.6. The van der Waals surface area contributed by atoms with Gasteiger partial charge in [-0.15, -0.1) is 0 Å². The van der Waals surface area contributed by atoms with Gasteiger partial charge in [0, 0.05) is 16.5 Å². The maximum atomic E-state index is 14.1. The summed E-state index contributed by atoms with van der Waals surface area (Å²) in [6.07, 6.45) is -4.73. The van der Waals surface area contributed by atoms with Crippen LogP contribution in [0.4, 0.5) is 28.9 Å². The van der Waals surface area contributed by atoms with Crippen LogP contribution in [0.1, 0.15) is 15.9 Å². The van der Waals surface area contributed by atoms with Crippen LogP contribution in [0.25, 0.3) is 0 Å². The van der Waals surface area contributed by atoms with E-state index in [0.717, 1.165) is 40.9 Å². The van der Waals surface area contributed by atoms with Crippen molar-refractivity contribution in [1.29, 1.82) is 0 Å². The Hall–Kier alpha value is -4.38. The van der Waals surface area contributed by atoms with Crippen molar-refractivity contribution in [2.45, 2.75) is 16.0 Å². The van der Waals surface area contributed by atoms with Crippen molar-refractivity contribution in [3.05, 3.63) is 118 Å². The fourth-order valence-electron chi connectivity index (χ4n) is 3.24. The number of carbonyl (C=O) groups excluding carboxylic acids is 1. The van der Waals surface area contributed by atoms with Crippen LogP contribution in [0.3, 0.4) is 0 Å². The van der Waals surface area contributed by atoms with E-state index in [9.17, 15) is 32.5 Å². The minimum atomic E-state index is -4.73. The highest BCUT2D eigenvalue weighted by Gasteiger charge is 2.32. The molecule has 0 atom stereocenters. The molecule has 0 radical (unpaired) electrons. The molecule has 0 unspecified atom stereocenters. The van der Waals surface area contributed by atoms with Crippen molar-refractivity contribution < 1.29 is 32.0 Å². The van der Waals surface area contributed by atoms with Gasteiger partial charge in [-0.1, -0.05) is 42.1 Å². The Morgan fingerprint density at radius 2 is 1.59 bits per heavy atom. The van der Waals surface area contributed by atoms with Gasteiger partial charge in [-0.25, -0.2) is 4.39 Å². The summed E-state index contributed by atoms with van der Waals surface area (Å²) in [5.41, 5.74) is -2.00. The van der Waals surface area contributed by atoms with Gasteiger partial charge in [0.25, 0.3) is 11.6 Å². The number of ether oxygens (including phenoxy) is 1. The topological polar surface area (TPSA) is 81.5 Å². The van der Waals surface area contributed by atoms with Crippen molar-refractivity contribution in [3.63, 3.8) is 0 Å². The zero-order valence-corrected chi connectivity index (χ0v) is 19.5. The quantitative estimate of drug-likeness (QED) is 0.150. The third-order valence-corrected chi connectivity index (χ3v) is 6.07. The van der Waals surface area contributed by atoms with Gasteiger partial charge in [0.15, 0.2) is 17.3 Å². The van der Waals surface area contributed by atoms with E-state index in [4.69, 9.17) is 4.74 Å². The molecule has 0 spiro atoms. The van der Waals surface area contributed by atoms with Crippen LogP contribution in [0.5, 0.6) is 11.5 Å². The number of halogens is 4. The van der Waals surface area contributed by atoms with E-state index < -0.39 is 34.1 Å². The summed E-state index contributed by atoms with van der Waals surface area (Å²) in [5, 5.41) is 14.0. The fourth-order valence-corrected chi connectivity index (χ4v) is 4.16. The maximum Gasteiger partial charge on any atom is 0.416 e. The summed E-state index contributed by atoms with van der Waals surface area (Å²) in [4.78, 5) is 25.0. The van der Waals surface area contributed by atoms with Gasteiger partial charge in [0.2, 0.25) is 0 Å². The Morgan fingerprint density at radius 1 is 0.892 bits per heavy atom. The molecule has 0 aliphatic heterocycles. The number of anilines is 1. The van der Waals surface area contributed by atoms with Gasteiger partial charge < -0.3 is 10.1 Å². The molecule has 188 valence electrons. The lowest BCUT2D eigenvalue weighted by Crippen LogP contribution is -2.14. The number of nitrogens with one attached hydrogen (secondary N) is 1. The molecule has 4 rings (SSSR count). The average molecular weight is 528 g/mol. The summed E-state index contributed by atoms with van der Waals surface area (Å²) in [7, 11) is 0. The van der Waals surface area contributed by atoms with E-state index in [1.807, 2.05) is 0 Å². The second-order valence-corrected chi connectivity index (χ2v) is 8.67. The molecule has 0 saturated carbocycles. The zero-order valence-electron chi connectivity index (χ0n) is 18.7. The lowest BCUT2D eigenvalue weighted by molar-refractivity contribution is -0.387. The summed E-state index contributed by atoms with van der Waals surface area (Å²) in [6, 6.07) is 20.2. The minimum Gasteiger partial charge on any atom is -0.452 e. The smallest absolute Gasteiger partial charge is 0.416 e. The normalized spacial score (nSPS) is 11.1. The number of nitrogens with zero attached hydrogens (tertiary/aromatic N) is 1. The molecule has 0 heterocycles. The van der Waals surface area contributed by atoms with Crippen LogP contribution in [0, 0.1) is 15.9 Å². The van der Waals surface area contributed by atoms with Crippen molar-refractivity contribution in [1.82, 2.24) is 0 Å². The number of nitro benzene ring substituents is 1. The summed E-state index contributed by atoms with van der Waals surface area (Å²) in [6.45, 7) is 0. The first-order chi connectivity index (χ1) is 17.6. The van der Waals surface area contributed by atoms with Crippen LogP contribution in [-0.2, 0) is 6.18 Å². The summed E-state index contributed by atoms with van der Waals surface area (Å²) >= 11 is 1.12. The summed E-state index contributed by atoms with van der Waals surface area (Å²) < 4.78 is 59.5. The number of nitro groups is 1. The highest BCUT2D eigenvalue weighted by atomic mass is 32.2. The number of alkyl halides is 3. The third kappa shape index (κ3) is 6.25. The van der Waals surface area contributed by atoms with Gasteiger partial charge in [-0.05, 0) is 54.6 Å². The van der Waals surface area contributed by atoms with Gasteiger partial charge >= 0.3 is 6.18 Å². The molecule has 6 nitrogen and oxygen atoms in total. The standard InChI is InChI=1S/C26H16F4N2O4S/c27-19-8-4-5-9-22(19)36-23-12-11-17(26(28,29)30)15-20(23)31-25(33)16-10-13-24(21(14-16)32(34)35)37-18-6-2-1-3-7-18/h1-15H,(H,31,33). The number of amides is 1. The van der Waals surface area contributed by atoms with Crippen molar-refractivity contribution >= 4 is 29.0 Å². The van der Waals surface area contributed by atoms with Gasteiger partial charge in [-0.3, -0.25) is 14.9 Å². The zero-order chi connectivity index (χ0) is 26.6. The molecule has 4 aromatic rings. The SMILES string of the molecule is O=C(Nc1cc(C(F)(F)F)ccc1Oc1ccccc1F)c1ccc(Sc2ccccc2)c([N+](=O)[O-])c1. The Balaban J connectivity index is 1.66. The van der Waals surface area contributed by atoms with Gasteiger partial charge in [-0.2, -0.15) is 13.2 Å². The highest BCUT2D eigenvalue weighted by Crippen LogP contribution is 2.38. The second-order valence-electron chi connectivity index (χ2n) is 7.55. The van der Waals surface area contributed by atoms with Crippen molar-refractivity contribution in [2.24, 2.45) is 0 Å². The van der Waals surface area contributed by atoms with Crippen LogP contribution in [-0.4, -0.2) is 10.8 Å². The Labute approximate surface area is 212 Å². The van der Waals surface area contributed by atoms with Crippen LogP contribution < -0.4 is 10.1 Å². The maximum absolute atomic E-state index is 14.1. The molecule has 0 bridgehead atoms. The van der Waals surface area contributed by atoms with Gasteiger partial charge in [0.1, 0.15) is 0 Å². The van der Waals surface area contributed by atoms with Crippen molar-refractivity contribution in [3.8, 4) is 11.5 Å². The predicted octanol–water partition coefficient (Wildman–Crippen LogP) is 7.95. The van der Waals surface area contributed by atoms with E-state index in [1.165, 1.54) is 30.3 Å². The molecule has 1 N–H and O–H groups in total. The first-order valence-corrected chi connectivity index (χ1v) is 11.4. The molecular formula is C26H16F4N2O4S. The number of hydrogen-bond acceptors (Lipinski definition) is 5. The lowest BCUT2D eigenvalue weighted by atomic mass is 10.1. The Kier molecular flexibility index (Phi) is 7.44. The molecule has 0 fully saturated rings. The summed E-state index contributed by atoms with van der Waals surface area (Å²) in [5.74, 6) is -2.20. The molecule has 0 aliphatic rings. The van der Waals surface area contributed by atoms with Crippen LogP contribution in [0.2, 0.25) is 0 Å². The Morgan fingerprint density at radius 3 is 2.27 bits per heavy atom. The number of para-hydroxylation sites is 1. The molecule has 0 saturated heterocycles. The van der Waals surface area contributed by atoms with E-state index in [0.29, 0.717) is 6.07 Å². The molecule has 37 heavy (non-hydrogen) atoms. The molecule has 1 amide bonds. The third-order valence-electron chi connectivity index (χ3n) is 5.00. The van der Waals surface area contributed by atoms with Gasteiger partial charge in [0.05, 0.1) is 21.1 Å². The number of rotatable bonds is 7. The predicted molar refractivity (Wildman–Crippen MR) is 130 cm³/mol. The van der Waals surface area contributed by atoms with E-state index in [-0.39, 0.29) is 27.6 Å². The van der Waals surface area contributed by atoms with E-state index in [2.05, 4.69) is 5.32 Å². The molecular weight excluding hydrogens is 512 g/mol. The monoisotopic (exact) mass is 528 g/mol. The molecule has 11 heteroatoms. The number of benzene rings is 4. The van der Waals surface area contributed by atoms with Crippen LogP contribution >= 0.6 is 11.8 Å². The molecule has 0 aliphatic carbocycles. The number of carbonyl (C=O) groups is 1. The largest absolute Gasteiger partial charge is 0.452 e. The van der Waals surface area contributed by atoms with E-state index >= 15 is 0 Å². The van der Waals surface area contributed by atoms with Crippen molar-refractivity contribution in [2.75, 3.05) is 5.32 Å². The fraction of sp³-hybridized carbons (Fsp3) is 0.0385. The highest BCUT2D eigenvalue weighted by molar-refractivity contribution is 7.99. The second kappa shape index (κ2) is 10.7. The minimum absolute atomic E-state index is 0.168. The molecule has 0 aromatic heterocycles. The average Bonchev–Trinajstić information content (AvgIpc) is 2.86. The molecule has 4 aromatic carbocycles. The Bertz CT molecular complexity index is 1460. The number of hydrogen-bond donors (Lipinski definition) is 1. The van der Waals surface area contributed by atoms with E-state index in [1.54, 1.807) is 30.3 Å². The van der Waals surface area contributed by atoms with Crippen LogP contribution in [0.15, 0.2) is 101 Å². The first kappa shape index (κ1) is 25.7.